The highest BCUT2D eigenvalue weighted by Crippen LogP contribution is 2.20. The van der Waals surface area contributed by atoms with Gasteiger partial charge in [-0.2, -0.15) is 4.31 Å². The number of nitrogens with two attached hydrogens (primary N) is 1. The topological polar surface area (TPSA) is 111 Å². The second-order valence-electron chi connectivity index (χ2n) is 4.33. The largest absolute Gasteiger partial charge is 0.447 e. The van der Waals surface area contributed by atoms with Crippen molar-refractivity contribution in [3.63, 3.8) is 0 Å². The summed E-state index contributed by atoms with van der Waals surface area (Å²) >= 11 is 0. The molecule has 0 amide bonds. The highest BCUT2D eigenvalue weighted by atomic mass is 32.2. The van der Waals surface area contributed by atoms with Crippen LogP contribution in [0.2, 0.25) is 0 Å². The lowest BCUT2D eigenvalue weighted by atomic mass is 10.5. The number of sulfonamides is 1. The zero-order valence-corrected chi connectivity index (χ0v) is 11.9. The van der Waals surface area contributed by atoms with E-state index in [-0.39, 0.29) is 36.2 Å². The standard InChI is InChI=1S/C10H16N2O5S2/c11-8-9-2-3-10(17-9)19(15,16)12-4-1-6-18(13,14)7-5-12/h2-3H,1,4-8,11H2. The van der Waals surface area contributed by atoms with Crippen LogP contribution >= 0.6 is 0 Å². The molecule has 0 radical (unpaired) electrons. The van der Waals surface area contributed by atoms with Crippen LogP contribution in [0.3, 0.4) is 0 Å². The third-order valence-electron chi connectivity index (χ3n) is 2.95. The second-order valence-corrected chi connectivity index (χ2v) is 8.51. The number of furan rings is 1. The van der Waals surface area contributed by atoms with Crippen molar-refractivity contribution < 1.29 is 21.3 Å². The summed E-state index contributed by atoms with van der Waals surface area (Å²) in [6.07, 6.45) is 0.298. The number of rotatable bonds is 3. The Hall–Kier alpha value is -0.900. The van der Waals surface area contributed by atoms with Gasteiger partial charge in [-0.05, 0) is 18.6 Å². The molecular weight excluding hydrogens is 292 g/mol. The zero-order valence-electron chi connectivity index (χ0n) is 10.3. The Morgan fingerprint density at radius 1 is 1.26 bits per heavy atom. The van der Waals surface area contributed by atoms with E-state index in [0.717, 1.165) is 4.31 Å². The first-order valence-electron chi connectivity index (χ1n) is 5.84. The molecule has 7 nitrogen and oxygen atoms in total. The maximum atomic E-state index is 12.3. The summed E-state index contributed by atoms with van der Waals surface area (Å²) in [4.78, 5) is 0. The van der Waals surface area contributed by atoms with E-state index in [0.29, 0.717) is 12.2 Å². The summed E-state index contributed by atoms with van der Waals surface area (Å²) in [7, 11) is -6.93. The predicted octanol–water partition coefficient (Wildman–Crippen LogP) is -0.452. The number of hydrogen-bond acceptors (Lipinski definition) is 6. The smallest absolute Gasteiger partial charge is 0.276 e. The molecule has 0 saturated carbocycles. The van der Waals surface area contributed by atoms with Crippen LogP contribution in [0, 0.1) is 0 Å². The van der Waals surface area contributed by atoms with Gasteiger partial charge in [0.2, 0.25) is 5.09 Å². The van der Waals surface area contributed by atoms with Crippen LogP contribution in [-0.4, -0.2) is 45.7 Å². The van der Waals surface area contributed by atoms with E-state index in [9.17, 15) is 16.8 Å². The van der Waals surface area contributed by atoms with Crippen molar-refractivity contribution in [3.05, 3.63) is 17.9 Å². The fourth-order valence-corrected chi connectivity index (χ4v) is 4.68. The van der Waals surface area contributed by atoms with Gasteiger partial charge in [-0.25, -0.2) is 16.8 Å². The van der Waals surface area contributed by atoms with Crippen molar-refractivity contribution in [3.8, 4) is 0 Å². The van der Waals surface area contributed by atoms with Crippen LogP contribution < -0.4 is 5.73 Å². The first kappa shape index (κ1) is 14.5. The first-order chi connectivity index (χ1) is 8.85. The summed E-state index contributed by atoms with van der Waals surface area (Å²) in [5.41, 5.74) is 5.36. The van der Waals surface area contributed by atoms with Gasteiger partial charge in [0.1, 0.15) is 5.76 Å². The van der Waals surface area contributed by atoms with Crippen LogP contribution in [0.1, 0.15) is 12.2 Å². The second kappa shape index (κ2) is 5.23. The SMILES string of the molecule is NCc1ccc(S(=O)(=O)N2CCCS(=O)(=O)CC2)o1. The minimum Gasteiger partial charge on any atom is -0.447 e. The number of nitrogens with zero attached hydrogens (tertiary/aromatic N) is 1. The van der Waals surface area contributed by atoms with Crippen molar-refractivity contribution in [2.45, 2.75) is 18.1 Å². The molecule has 2 rings (SSSR count). The van der Waals surface area contributed by atoms with Crippen molar-refractivity contribution in [1.29, 1.82) is 0 Å². The van der Waals surface area contributed by atoms with Crippen LogP contribution in [0.4, 0.5) is 0 Å². The molecule has 0 unspecified atom stereocenters. The van der Waals surface area contributed by atoms with E-state index in [4.69, 9.17) is 10.2 Å². The fourth-order valence-electron chi connectivity index (χ4n) is 1.89. The minimum atomic E-state index is -3.78. The van der Waals surface area contributed by atoms with Crippen LogP contribution in [0.5, 0.6) is 0 Å². The third kappa shape index (κ3) is 3.16. The molecule has 1 fully saturated rings. The Morgan fingerprint density at radius 3 is 2.63 bits per heavy atom. The van der Waals surface area contributed by atoms with Gasteiger partial charge in [-0.1, -0.05) is 0 Å². The van der Waals surface area contributed by atoms with E-state index in [1.165, 1.54) is 12.1 Å². The van der Waals surface area contributed by atoms with E-state index in [1.54, 1.807) is 0 Å². The molecule has 2 heterocycles. The van der Waals surface area contributed by atoms with Gasteiger partial charge in [0.15, 0.2) is 9.84 Å². The molecule has 0 aliphatic carbocycles. The lowest BCUT2D eigenvalue weighted by Gasteiger charge is -2.17. The third-order valence-corrected chi connectivity index (χ3v) is 6.44. The molecule has 0 bridgehead atoms. The Morgan fingerprint density at radius 2 is 2.00 bits per heavy atom. The molecule has 108 valence electrons. The zero-order chi connectivity index (χ0) is 14.1. The van der Waals surface area contributed by atoms with Gasteiger partial charge in [-0.3, -0.25) is 0 Å². The van der Waals surface area contributed by atoms with E-state index >= 15 is 0 Å². The monoisotopic (exact) mass is 308 g/mol. The summed E-state index contributed by atoms with van der Waals surface area (Å²) in [6.45, 7) is 0.257. The van der Waals surface area contributed by atoms with Gasteiger partial charge in [0.05, 0.1) is 18.1 Å². The van der Waals surface area contributed by atoms with E-state index < -0.39 is 19.9 Å². The molecule has 0 atom stereocenters. The summed E-state index contributed by atoms with van der Waals surface area (Å²) < 4.78 is 53.8. The lowest BCUT2D eigenvalue weighted by molar-refractivity contribution is 0.377. The normalized spacial score (nSPS) is 21.1. The first-order valence-corrected chi connectivity index (χ1v) is 9.11. The molecule has 19 heavy (non-hydrogen) atoms. The molecule has 1 aliphatic rings. The van der Waals surface area contributed by atoms with Gasteiger partial charge in [0.25, 0.3) is 10.0 Å². The van der Waals surface area contributed by atoms with Gasteiger partial charge in [-0.15, -0.1) is 0 Å². The Bertz CT molecular complexity index is 647. The molecule has 9 heteroatoms. The van der Waals surface area contributed by atoms with Gasteiger partial charge >= 0.3 is 0 Å². The lowest BCUT2D eigenvalue weighted by Crippen LogP contribution is -2.33. The predicted molar refractivity (Wildman–Crippen MR) is 68.6 cm³/mol. The van der Waals surface area contributed by atoms with Crippen molar-refractivity contribution in [1.82, 2.24) is 4.31 Å². The van der Waals surface area contributed by atoms with Crippen molar-refractivity contribution >= 4 is 19.9 Å². The molecular formula is C10H16N2O5S2. The summed E-state index contributed by atoms with van der Waals surface area (Å²) in [6, 6.07) is 2.85. The van der Waals surface area contributed by atoms with Crippen molar-refractivity contribution in [2.24, 2.45) is 5.73 Å². The maximum Gasteiger partial charge on any atom is 0.276 e. The molecule has 1 saturated heterocycles. The van der Waals surface area contributed by atoms with E-state index in [1.807, 2.05) is 0 Å². The van der Waals surface area contributed by atoms with Crippen molar-refractivity contribution in [2.75, 3.05) is 24.6 Å². The summed E-state index contributed by atoms with van der Waals surface area (Å²) in [5, 5.41) is -0.188. The summed E-state index contributed by atoms with van der Waals surface area (Å²) in [5.74, 6) is 0.239. The molecule has 2 N–H and O–H groups in total. The van der Waals surface area contributed by atoms with Crippen LogP contribution in [0.15, 0.2) is 21.6 Å². The average molecular weight is 308 g/mol. The molecule has 1 aromatic heterocycles. The quantitative estimate of drug-likeness (QED) is 0.809. The van der Waals surface area contributed by atoms with Crippen LogP contribution in [0.25, 0.3) is 0 Å². The minimum absolute atomic E-state index is 0.0191. The van der Waals surface area contributed by atoms with E-state index in [2.05, 4.69) is 0 Å². The molecule has 0 aromatic carbocycles. The Kier molecular flexibility index (Phi) is 4.00. The van der Waals surface area contributed by atoms with Gasteiger partial charge < -0.3 is 10.2 Å². The number of sulfone groups is 1. The molecule has 0 spiro atoms. The molecule has 1 aliphatic heterocycles. The fraction of sp³-hybridized carbons (Fsp3) is 0.600. The maximum absolute atomic E-state index is 12.3. The number of hydrogen-bond donors (Lipinski definition) is 1. The average Bonchev–Trinajstić information content (AvgIpc) is 2.75. The highest BCUT2D eigenvalue weighted by molar-refractivity contribution is 7.91. The van der Waals surface area contributed by atoms with Gasteiger partial charge in [0, 0.05) is 13.1 Å². The Labute approximate surface area is 112 Å². The highest BCUT2D eigenvalue weighted by Gasteiger charge is 2.31. The van der Waals surface area contributed by atoms with Crippen LogP contribution in [-0.2, 0) is 26.4 Å². The molecule has 1 aromatic rings. The Balaban J connectivity index is 2.24.